The zero-order valence-corrected chi connectivity index (χ0v) is 5.01. The molecule has 0 aliphatic heterocycles. The van der Waals surface area contributed by atoms with Gasteiger partial charge in [0.2, 0.25) is 0 Å². The van der Waals surface area contributed by atoms with Crippen molar-refractivity contribution in [3.05, 3.63) is 0 Å². The van der Waals surface area contributed by atoms with Crippen LogP contribution in [0.2, 0.25) is 0 Å². The summed E-state index contributed by atoms with van der Waals surface area (Å²) >= 11 is 0. The Hall–Kier alpha value is -0.610. The Morgan fingerprint density at radius 1 is 1.62 bits per heavy atom. The molecule has 0 aromatic rings. The topological polar surface area (TPSA) is 69.6 Å². The number of carboxylic acid groups (broad SMARTS) is 1. The molecule has 0 rings (SSSR count). The smallest absolute Gasteiger partial charge is 0.329 e. The second-order valence-electron chi connectivity index (χ2n) is 1.05. The SMILES string of the molecule is CNC.O=C(O)CO. The summed E-state index contributed by atoms with van der Waals surface area (Å²) in [5.74, 6) is -1.19. The van der Waals surface area contributed by atoms with Crippen LogP contribution in [0.15, 0.2) is 0 Å². The lowest BCUT2D eigenvalue weighted by Crippen LogP contribution is -1.98. The number of hydrogen-bond donors (Lipinski definition) is 3. The van der Waals surface area contributed by atoms with Gasteiger partial charge in [0.05, 0.1) is 0 Å². The summed E-state index contributed by atoms with van der Waals surface area (Å²) in [5, 5.41) is 17.8. The molecule has 0 aliphatic rings. The third kappa shape index (κ3) is 53.8. The van der Waals surface area contributed by atoms with Crippen molar-refractivity contribution in [3.63, 3.8) is 0 Å². The van der Waals surface area contributed by atoms with Gasteiger partial charge in [-0.1, -0.05) is 0 Å². The van der Waals surface area contributed by atoms with Crippen molar-refractivity contribution in [3.8, 4) is 0 Å². The normalized spacial score (nSPS) is 6.88. The lowest BCUT2D eigenvalue weighted by atomic mass is 10.8. The molecule has 0 heterocycles. The van der Waals surface area contributed by atoms with E-state index >= 15 is 0 Å². The van der Waals surface area contributed by atoms with Gasteiger partial charge in [-0.05, 0) is 14.1 Å². The molecular weight excluding hydrogens is 110 g/mol. The fourth-order valence-corrected chi connectivity index (χ4v) is 0. The van der Waals surface area contributed by atoms with Crippen LogP contribution in [-0.4, -0.2) is 36.9 Å². The zero-order chi connectivity index (χ0) is 6.99. The number of rotatable bonds is 1. The summed E-state index contributed by atoms with van der Waals surface area (Å²) in [6, 6.07) is 0. The van der Waals surface area contributed by atoms with Gasteiger partial charge >= 0.3 is 5.97 Å². The van der Waals surface area contributed by atoms with E-state index in [-0.39, 0.29) is 0 Å². The van der Waals surface area contributed by atoms with E-state index < -0.39 is 12.6 Å². The molecule has 0 aromatic carbocycles. The van der Waals surface area contributed by atoms with Crippen LogP contribution in [0.1, 0.15) is 0 Å². The number of hydrogen-bond acceptors (Lipinski definition) is 3. The van der Waals surface area contributed by atoms with Crippen LogP contribution < -0.4 is 5.32 Å². The van der Waals surface area contributed by atoms with Crippen LogP contribution in [0.5, 0.6) is 0 Å². The average molecular weight is 121 g/mol. The molecule has 0 amide bonds. The fourth-order valence-electron chi connectivity index (χ4n) is 0. The molecule has 0 radical (unpaired) electrons. The number of aliphatic hydroxyl groups is 1. The Morgan fingerprint density at radius 2 is 1.75 bits per heavy atom. The van der Waals surface area contributed by atoms with E-state index in [0.29, 0.717) is 0 Å². The maximum atomic E-state index is 9.12. The van der Waals surface area contributed by atoms with E-state index in [0.717, 1.165) is 0 Å². The molecule has 0 saturated carbocycles. The molecule has 50 valence electrons. The number of aliphatic carboxylic acids is 1. The Balaban J connectivity index is 0. The number of nitrogens with one attached hydrogen (secondary N) is 1. The van der Waals surface area contributed by atoms with Gasteiger partial charge in [-0.15, -0.1) is 0 Å². The van der Waals surface area contributed by atoms with Crippen LogP contribution in [0, 0.1) is 0 Å². The summed E-state index contributed by atoms with van der Waals surface area (Å²) in [4.78, 5) is 9.12. The lowest BCUT2D eigenvalue weighted by molar-refractivity contribution is -0.140. The predicted molar refractivity (Wildman–Crippen MR) is 29.7 cm³/mol. The summed E-state index contributed by atoms with van der Waals surface area (Å²) in [7, 11) is 3.75. The van der Waals surface area contributed by atoms with Gasteiger partial charge in [0.25, 0.3) is 0 Å². The van der Waals surface area contributed by atoms with E-state index in [4.69, 9.17) is 15.0 Å². The van der Waals surface area contributed by atoms with Crippen molar-refractivity contribution in [1.82, 2.24) is 5.32 Å². The van der Waals surface area contributed by atoms with Crippen LogP contribution in [0.4, 0.5) is 0 Å². The molecule has 4 heteroatoms. The summed E-state index contributed by atoms with van der Waals surface area (Å²) < 4.78 is 0. The molecule has 0 saturated heterocycles. The molecule has 0 aromatic heterocycles. The molecule has 8 heavy (non-hydrogen) atoms. The quantitative estimate of drug-likeness (QED) is 0.412. The Morgan fingerprint density at radius 3 is 1.75 bits per heavy atom. The summed E-state index contributed by atoms with van der Waals surface area (Å²) in [6.07, 6.45) is 0. The van der Waals surface area contributed by atoms with Gasteiger partial charge in [0, 0.05) is 0 Å². The highest BCUT2D eigenvalue weighted by Crippen LogP contribution is 1.48. The first-order valence-electron chi connectivity index (χ1n) is 2.10. The molecule has 0 spiro atoms. The van der Waals surface area contributed by atoms with E-state index in [9.17, 15) is 0 Å². The molecule has 3 N–H and O–H groups in total. The number of carboxylic acids is 1. The predicted octanol–water partition coefficient (Wildman–Crippen LogP) is -1.10. The number of aliphatic hydroxyl groups excluding tert-OH is 1. The minimum Gasteiger partial charge on any atom is -0.480 e. The largest absolute Gasteiger partial charge is 0.480 e. The highest BCUT2D eigenvalue weighted by Gasteiger charge is 1.82. The maximum Gasteiger partial charge on any atom is 0.329 e. The highest BCUT2D eigenvalue weighted by molar-refractivity contribution is 5.67. The maximum absolute atomic E-state index is 9.12. The first kappa shape index (κ1) is 10.4. The summed E-state index contributed by atoms with van der Waals surface area (Å²) in [5.41, 5.74) is 0. The first-order valence-corrected chi connectivity index (χ1v) is 2.10. The van der Waals surface area contributed by atoms with Crippen molar-refractivity contribution in [2.24, 2.45) is 0 Å². The van der Waals surface area contributed by atoms with Crippen molar-refractivity contribution >= 4 is 5.97 Å². The van der Waals surface area contributed by atoms with Gasteiger partial charge in [-0.2, -0.15) is 0 Å². The van der Waals surface area contributed by atoms with Gasteiger partial charge in [-0.3, -0.25) is 0 Å². The Bertz CT molecular complexity index is 55.2. The van der Waals surface area contributed by atoms with Crippen molar-refractivity contribution < 1.29 is 15.0 Å². The average Bonchev–Trinajstić information content (AvgIpc) is 1.69. The molecule has 0 fully saturated rings. The molecule has 0 bridgehead atoms. The Kier molecular flexibility index (Phi) is 12.5. The minimum atomic E-state index is -1.19. The van der Waals surface area contributed by atoms with Crippen LogP contribution in [-0.2, 0) is 4.79 Å². The van der Waals surface area contributed by atoms with Crippen LogP contribution in [0.25, 0.3) is 0 Å². The number of carbonyl (C=O) groups is 1. The molecule has 0 unspecified atom stereocenters. The molecular formula is C4H11NO3. The van der Waals surface area contributed by atoms with Gasteiger partial charge < -0.3 is 15.5 Å². The highest BCUT2D eigenvalue weighted by atomic mass is 16.4. The molecule has 0 atom stereocenters. The molecule has 4 nitrogen and oxygen atoms in total. The zero-order valence-electron chi connectivity index (χ0n) is 5.01. The van der Waals surface area contributed by atoms with E-state index in [2.05, 4.69) is 5.32 Å². The van der Waals surface area contributed by atoms with Gasteiger partial charge in [-0.25, -0.2) is 4.79 Å². The van der Waals surface area contributed by atoms with Crippen LogP contribution >= 0.6 is 0 Å². The third-order valence-corrected chi connectivity index (χ3v) is 0.135. The first-order chi connectivity index (χ1) is 3.68. The van der Waals surface area contributed by atoms with E-state index in [1.165, 1.54) is 0 Å². The van der Waals surface area contributed by atoms with E-state index in [1.807, 2.05) is 14.1 Å². The summed E-state index contributed by atoms with van der Waals surface area (Å²) in [6.45, 7) is -0.778. The van der Waals surface area contributed by atoms with E-state index in [1.54, 1.807) is 0 Å². The minimum absolute atomic E-state index is 0.778. The standard InChI is InChI=1S/C2H7N.C2H4O3/c1-3-2;3-1-2(4)5/h3H,1-2H3;3H,1H2,(H,4,5). The van der Waals surface area contributed by atoms with Crippen molar-refractivity contribution in [2.75, 3.05) is 20.7 Å². The van der Waals surface area contributed by atoms with Crippen LogP contribution in [0.3, 0.4) is 0 Å². The fraction of sp³-hybridized carbons (Fsp3) is 0.750. The van der Waals surface area contributed by atoms with Crippen molar-refractivity contribution in [2.45, 2.75) is 0 Å². The third-order valence-electron chi connectivity index (χ3n) is 0.135. The second kappa shape index (κ2) is 9.63. The van der Waals surface area contributed by atoms with Crippen molar-refractivity contribution in [1.29, 1.82) is 0 Å². The molecule has 0 aliphatic carbocycles. The lowest BCUT2D eigenvalue weighted by Gasteiger charge is -1.72. The van der Waals surface area contributed by atoms with Gasteiger partial charge in [0.1, 0.15) is 6.61 Å². The Labute approximate surface area is 48.1 Å². The van der Waals surface area contributed by atoms with Gasteiger partial charge in [0.15, 0.2) is 0 Å². The monoisotopic (exact) mass is 121 g/mol. The second-order valence-corrected chi connectivity index (χ2v) is 1.05.